The van der Waals surface area contributed by atoms with Crippen LogP contribution in [0.25, 0.3) is 11.1 Å². The second-order valence-corrected chi connectivity index (χ2v) is 17.4. The van der Waals surface area contributed by atoms with Gasteiger partial charge in [0, 0.05) is 30.3 Å². The highest BCUT2D eigenvalue weighted by molar-refractivity contribution is 7.15. The second-order valence-electron chi connectivity index (χ2n) is 15.2. The monoisotopic (exact) mass is 636 g/mol. The van der Waals surface area contributed by atoms with Gasteiger partial charge in [-0.25, -0.2) is 0 Å². The van der Waals surface area contributed by atoms with Crippen molar-refractivity contribution in [3.05, 3.63) is 42.8 Å². The number of thiophene rings is 2. The van der Waals surface area contributed by atoms with E-state index in [1.165, 1.54) is 128 Å². The van der Waals surface area contributed by atoms with Crippen LogP contribution in [0.4, 0.5) is 0 Å². The van der Waals surface area contributed by atoms with E-state index in [4.69, 9.17) is 0 Å². The van der Waals surface area contributed by atoms with E-state index in [1.54, 1.807) is 30.6 Å². The van der Waals surface area contributed by atoms with Gasteiger partial charge in [0.1, 0.15) is 0 Å². The van der Waals surface area contributed by atoms with Crippen molar-refractivity contribution in [1.29, 1.82) is 0 Å². The lowest BCUT2D eigenvalue weighted by Crippen LogP contribution is -2.26. The number of rotatable bonds is 22. The SMILES string of the molecule is CCCCCCC1(CCCCCC)C2=C(c3sc(C(C)C)cc31)C(CCCCCC)(CCCCCC)c1cc(C(C)C)sc12. The quantitative estimate of drug-likeness (QED) is 0.113. The second kappa shape index (κ2) is 16.8. The van der Waals surface area contributed by atoms with Gasteiger partial charge in [0.05, 0.1) is 0 Å². The fourth-order valence-corrected chi connectivity index (χ4v) is 11.4. The predicted molar refractivity (Wildman–Crippen MR) is 202 cm³/mol. The Labute approximate surface area is 281 Å². The van der Waals surface area contributed by atoms with Crippen molar-refractivity contribution in [3.63, 3.8) is 0 Å². The van der Waals surface area contributed by atoms with Gasteiger partial charge >= 0.3 is 0 Å². The van der Waals surface area contributed by atoms with E-state index in [0.717, 1.165) is 0 Å². The molecule has 0 aromatic carbocycles. The first kappa shape index (κ1) is 36.0. The van der Waals surface area contributed by atoms with Crippen LogP contribution >= 0.6 is 22.7 Å². The highest BCUT2D eigenvalue weighted by Gasteiger charge is 2.57. The normalized spacial score (nSPS) is 16.4. The van der Waals surface area contributed by atoms with Gasteiger partial charge in [-0.3, -0.25) is 0 Å². The summed E-state index contributed by atoms with van der Waals surface area (Å²) in [5.41, 5.74) is 7.72. The lowest BCUT2D eigenvalue weighted by Gasteiger charge is -2.34. The number of hydrogen-bond acceptors (Lipinski definition) is 2. The lowest BCUT2D eigenvalue weighted by molar-refractivity contribution is 0.423. The zero-order chi connectivity index (χ0) is 31.7. The Balaban J connectivity index is 1.95. The fourth-order valence-electron chi connectivity index (χ4n) is 8.58. The van der Waals surface area contributed by atoms with Crippen LogP contribution in [0.15, 0.2) is 12.1 Å². The molecule has 0 nitrogen and oxygen atoms in total. The molecule has 0 unspecified atom stereocenters. The zero-order valence-corrected chi connectivity index (χ0v) is 31.9. The first-order chi connectivity index (χ1) is 21.3. The van der Waals surface area contributed by atoms with Gasteiger partial charge in [-0.2, -0.15) is 0 Å². The molecular weight excluding hydrogens is 569 g/mol. The fraction of sp³-hybridized carbons (Fsp3) is 0.762. The average Bonchev–Trinajstić information content (AvgIpc) is 3.74. The summed E-state index contributed by atoms with van der Waals surface area (Å²) >= 11 is 4.43. The summed E-state index contributed by atoms with van der Waals surface area (Å²) in [6.45, 7) is 19.2. The highest BCUT2D eigenvalue weighted by Crippen LogP contribution is 2.70. The summed E-state index contributed by atoms with van der Waals surface area (Å²) in [6, 6.07) is 5.50. The smallest absolute Gasteiger partial charge is 0.0359 e. The van der Waals surface area contributed by atoms with Gasteiger partial charge in [0.15, 0.2) is 0 Å². The average molecular weight is 637 g/mol. The van der Waals surface area contributed by atoms with Crippen LogP contribution in [0.2, 0.25) is 0 Å². The van der Waals surface area contributed by atoms with E-state index in [2.05, 4.69) is 90.2 Å². The summed E-state index contributed by atoms with van der Waals surface area (Å²) in [7, 11) is 0. The van der Waals surface area contributed by atoms with Crippen LogP contribution in [0.5, 0.6) is 0 Å². The first-order valence-electron chi connectivity index (χ1n) is 19.4. The Morgan fingerprint density at radius 2 is 0.750 bits per heavy atom. The largest absolute Gasteiger partial charge is 0.140 e. The van der Waals surface area contributed by atoms with E-state index in [-0.39, 0.29) is 10.8 Å². The topological polar surface area (TPSA) is 0 Å². The molecule has 2 aliphatic carbocycles. The summed E-state index contributed by atoms with van der Waals surface area (Å²) in [5.74, 6) is 1.22. The van der Waals surface area contributed by atoms with Crippen molar-refractivity contribution < 1.29 is 0 Å². The van der Waals surface area contributed by atoms with Crippen LogP contribution < -0.4 is 0 Å². The Kier molecular flexibility index (Phi) is 13.7. The summed E-state index contributed by atoms with van der Waals surface area (Å²) < 4.78 is 0. The van der Waals surface area contributed by atoms with Crippen molar-refractivity contribution in [2.45, 2.75) is 206 Å². The molecule has 4 rings (SSSR count). The molecule has 44 heavy (non-hydrogen) atoms. The van der Waals surface area contributed by atoms with Crippen molar-refractivity contribution in [1.82, 2.24) is 0 Å². The number of hydrogen-bond donors (Lipinski definition) is 0. The summed E-state index contributed by atoms with van der Waals surface area (Å²) in [5, 5.41) is 0. The Hall–Kier alpha value is -0.860. The van der Waals surface area contributed by atoms with Crippen LogP contribution in [-0.4, -0.2) is 0 Å². The molecule has 2 heteroatoms. The molecule has 2 aromatic heterocycles. The minimum atomic E-state index is 0.220. The maximum absolute atomic E-state index is 2.75. The minimum absolute atomic E-state index is 0.220. The molecule has 0 radical (unpaired) electrons. The maximum Gasteiger partial charge on any atom is 0.0359 e. The van der Waals surface area contributed by atoms with Crippen molar-refractivity contribution in [2.75, 3.05) is 0 Å². The number of fused-ring (bicyclic) bond motifs is 4. The standard InChI is InChI=1S/C42H68S2/c1-9-13-17-21-25-41(26-22-18-14-10-2)33-29-35(31(5)6)43-39(33)38-37(41)40-34(30-36(44-40)32(7)8)42(38,27-23-19-15-11-3)28-24-20-16-12-4/h29-32H,9-28H2,1-8H3. The molecule has 0 aliphatic heterocycles. The molecule has 2 aromatic rings. The molecule has 0 amide bonds. The van der Waals surface area contributed by atoms with Gasteiger partial charge in [0.2, 0.25) is 0 Å². The van der Waals surface area contributed by atoms with Crippen molar-refractivity contribution in [3.8, 4) is 0 Å². The molecule has 0 bridgehead atoms. The molecule has 2 aliphatic rings. The summed E-state index contributed by atoms with van der Waals surface area (Å²) in [4.78, 5) is 6.76. The van der Waals surface area contributed by atoms with Gasteiger partial charge < -0.3 is 0 Å². The molecule has 0 saturated carbocycles. The molecule has 0 fully saturated rings. The van der Waals surface area contributed by atoms with E-state index < -0.39 is 0 Å². The molecule has 0 saturated heterocycles. The molecule has 0 atom stereocenters. The van der Waals surface area contributed by atoms with Gasteiger partial charge in [0.25, 0.3) is 0 Å². The summed E-state index contributed by atoms with van der Waals surface area (Å²) in [6.07, 6.45) is 27.3. The third kappa shape index (κ3) is 7.32. The number of allylic oxidation sites excluding steroid dienone is 2. The van der Waals surface area contributed by atoms with E-state index >= 15 is 0 Å². The van der Waals surface area contributed by atoms with Crippen LogP contribution in [0, 0.1) is 0 Å². The maximum atomic E-state index is 2.75. The highest BCUT2D eigenvalue weighted by atomic mass is 32.1. The molecule has 248 valence electrons. The molecule has 0 N–H and O–H groups in total. The van der Waals surface area contributed by atoms with Crippen molar-refractivity contribution >= 4 is 33.8 Å². The van der Waals surface area contributed by atoms with Gasteiger partial charge in [-0.05, 0) is 71.9 Å². The molecule has 0 spiro atoms. The van der Waals surface area contributed by atoms with E-state index in [0.29, 0.717) is 11.8 Å². The molecule has 2 heterocycles. The van der Waals surface area contributed by atoms with E-state index in [1.807, 2.05) is 11.1 Å². The van der Waals surface area contributed by atoms with Crippen molar-refractivity contribution in [2.24, 2.45) is 0 Å². The zero-order valence-electron chi connectivity index (χ0n) is 30.3. The third-order valence-electron chi connectivity index (χ3n) is 11.2. The first-order valence-corrected chi connectivity index (χ1v) is 21.0. The van der Waals surface area contributed by atoms with Crippen LogP contribution in [0.3, 0.4) is 0 Å². The minimum Gasteiger partial charge on any atom is -0.140 e. The third-order valence-corrected chi connectivity index (χ3v) is 14.1. The lowest BCUT2D eigenvalue weighted by atomic mass is 9.69. The molecular formula is C42H68S2. The van der Waals surface area contributed by atoms with Gasteiger partial charge in [-0.15, -0.1) is 22.7 Å². The van der Waals surface area contributed by atoms with Gasteiger partial charge in [-0.1, -0.05) is 158 Å². The Bertz CT molecular complexity index is 1070. The Morgan fingerprint density at radius 1 is 0.455 bits per heavy atom. The van der Waals surface area contributed by atoms with Crippen LogP contribution in [-0.2, 0) is 10.8 Å². The Morgan fingerprint density at radius 3 is 1.00 bits per heavy atom. The van der Waals surface area contributed by atoms with Crippen LogP contribution in [0.1, 0.15) is 226 Å². The number of unbranched alkanes of at least 4 members (excludes halogenated alkanes) is 12. The van der Waals surface area contributed by atoms with E-state index in [9.17, 15) is 0 Å². The predicted octanol–water partition coefficient (Wildman–Crippen LogP) is 15.4.